The Kier molecular flexibility index (Phi) is 3.44. The Balaban J connectivity index is 2.81. The highest BCUT2D eigenvalue weighted by Crippen LogP contribution is 2.23. The van der Waals surface area contributed by atoms with E-state index in [0.29, 0.717) is 5.56 Å². The fourth-order valence-electron chi connectivity index (χ4n) is 0.914. The summed E-state index contributed by atoms with van der Waals surface area (Å²) in [6.45, 7) is -0.487. The highest BCUT2D eigenvalue weighted by molar-refractivity contribution is 5.74. The molecule has 0 saturated heterocycles. The third-order valence-corrected chi connectivity index (χ3v) is 1.63. The lowest BCUT2D eigenvalue weighted by Gasteiger charge is -2.05. The average molecular weight is 197 g/mol. The van der Waals surface area contributed by atoms with E-state index >= 15 is 0 Å². The molecule has 0 spiro atoms. The predicted octanol–water partition coefficient (Wildman–Crippen LogP) is -0.251. The Morgan fingerprint density at radius 2 is 2.21 bits per heavy atom. The van der Waals surface area contributed by atoms with Gasteiger partial charge in [-0.2, -0.15) is 0 Å². The van der Waals surface area contributed by atoms with Crippen LogP contribution in [0.15, 0.2) is 18.2 Å². The van der Waals surface area contributed by atoms with Crippen molar-refractivity contribution in [2.75, 3.05) is 6.54 Å². The van der Waals surface area contributed by atoms with Gasteiger partial charge in [0.25, 0.3) is 0 Å². The van der Waals surface area contributed by atoms with E-state index < -0.39 is 5.97 Å². The molecule has 5 heteroatoms. The van der Waals surface area contributed by atoms with Crippen molar-refractivity contribution in [2.24, 2.45) is 5.73 Å². The first-order valence-corrected chi connectivity index (χ1v) is 4.01. The van der Waals surface area contributed by atoms with E-state index in [1.807, 2.05) is 0 Å². The standard InChI is InChI=1S/C9H11NO4/c10-4-9(13)14-7-2-1-6(5-11)8(12)3-7/h1-3,11-12H,4-5,10H2. The molecule has 0 fully saturated rings. The van der Waals surface area contributed by atoms with Crippen molar-refractivity contribution in [1.29, 1.82) is 0 Å². The van der Waals surface area contributed by atoms with Crippen LogP contribution in [0.4, 0.5) is 0 Å². The maximum Gasteiger partial charge on any atom is 0.325 e. The zero-order chi connectivity index (χ0) is 10.6. The molecule has 0 heterocycles. The van der Waals surface area contributed by atoms with Crippen molar-refractivity contribution in [3.63, 3.8) is 0 Å². The van der Waals surface area contributed by atoms with Crippen LogP contribution in [0.25, 0.3) is 0 Å². The fourth-order valence-corrected chi connectivity index (χ4v) is 0.914. The lowest BCUT2D eigenvalue weighted by molar-refractivity contribution is -0.132. The molecule has 0 bridgehead atoms. The topological polar surface area (TPSA) is 92.8 Å². The largest absolute Gasteiger partial charge is 0.507 e. The van der Waals surface area contributed by atoms with Crippen molar-refractivity contribution in [3.05, 3.63) is 23.8 Å². The van der Waals surface area contributed by atoms with Gasteiger partial charge in [-0.05, 0) is 12.1 Å². The smallest absolute Gasteiger partial charge is 0.325 e. The molecular formula is C9H11NO4. The number of rotatable bonds is 3. The molecule has 5 nitrogen and oxygen atoms in total. The first kappa shape index (κ1) is 10.5. The maximum absolute atomic E-state index is 10.8. The molecule has 0 atom stereocenters. The van der Waals surface area contributed by atoms with Crippen LogP contribution in [0.3, 0.4) is 0 Å². The minimum Gasteiger partial charge on any atom is -0.507 e. The van der Waals surface area contributed by atoms with Gasteiger partial charge in [-0.3, -0.25) is 4.79 Å². The van der Waals surface area contributed by atoms with E-state index in [1.54, 1.807) is 0 Å². The van der Waals surface area contributed by atoms with Crippen LogP contribution in [0, 0.1) is 0 Å². The Morgan fingerprint density at radius 3 is 2.71 bits per heavy atom. The molecule has 76 valence electrons. The second kappa shape index (κ2) is 4.59. The minimum atomic E-state index is -0.582. The number of hydrogen-bond acceptors (Lipinski definition) is 5. The number of benzene rings is 1. The summed E-state index contributed by atoms with van der Waals surface area (Å²) in [7, 11) is 0. The summed E-state index contributed by atoms with van der Waals surface area (Å²) < 4.78 is 4.74. The molecule has 0 unspecified atom stereocenters. The average Bonchev–Trinajstić information content (AvgIpc) is 2.18. The molecule has 14 heavy (non-hydrogen) atoms. The SMILES string of the molecule is NCC(=O)Oc1ccc(CO)c(O)c1. The number of aliphatic hydroxyl groups is 1. The molecule has 0 radical (unpaired) electrons. The predicted molar refractivity (Wildman–Crippen MR) is 48.7 cm³/mol. The van der Waals surface area contributed by atoms with Crippen LogP contribution in [-0.4, -0.2) is 22.7 Å². The molecule has 0 aliphatic carbocycles. The summed E-state index contributed by atoms with van der Waals surface area (Å²) in [4.78, 5) is 10.8. The number of nitrogens with two attached hydrogens (primary N) is 1. The van der Waals surface area contributed by atoms with Gasteiger partial charge < -0.3 is 20.7 Å². The first-order chi connectivity index (χ1) is 6.67. The van der Waals surface area contributed by atoms with E-state index in [2.05, 4.69) is 0 Å². The van der Waals surface area contributed by atoms with Crippen LogP contribution in [0.2, 0.25) is 0 Å². The van der Waals surface area contributed by atoms with Crippen molar-refractivity contribution < 1.29 is 19.7 Å². The Morgan fingerprint density at radius 1 is 1.50 bits per heavy atom. The number of aliphatic hydroxyl groups excluding tert-OH is 1. The van der Waals surface area contributed by atoms with Gasteiger partial charge in [0.15, 0.2) is 0 Å². The molecule has 0 aliphatic heterocycles. The number of esters is 1. The van der Waals surface area contributed by atoms with E-state index in [-0.39, 0.29) is 24.7 Å². The van der Waals surface area contributed by atoms with Gasteiger partial charge in [0.05, 0.1) is 13.2 Å². The summed E-state index contributed by atoms with van der Waals surface area (Å²) in [5.41, 5.74) is 5.41. The van der Waals surface area contributed by atoms with E-state index in [0.717, 1.165) is 0 Å². The third-order valence-electron chi connectivity index (χ3n) is 1.63. The lowest BCUT2D eigenvalue weighted by Crippen LogP contribution is -2.19. The zero-order valence-electron chi connectivity index (χ0n) is 7.43. The minimum absolute atomic E-state index is 0.116. The van der Waals surface area contributed by atoms with Crippen LogP contribution in [0.1, 0.15) is 5.56 Å². The summed E-state index contributed by atoms with van der Waals surface area (Å²) in [5, 5.41) is 18.0. The number of phenols is 1. The fraction of sp³-hybridized carbons (Fsp3) is 0.222. The summed E-state index contributed by atoms with van der Waals surface area (Å²) in [6.07, 6.45) is 0. The Labute approximate surface area is 80.7 Å². The molecule has 0 amide bonds. The lowest BCUT2D eigenvalue weighted by atomic mass is 10.2. The second-order valence-corrected chi connectivity index (χ2v) is 2.63. The van der Waals surface area contributed by atoms with E-state index in [4.69, 9.17) is 15.6 Å². The van der Waals surface area contributed by atoms with Crippen molar-refractivity contribution in [1.82, 2.24) is 0 Å². The van der Waals surface area contributed by atoms with Crippen LogP contribution >= 0.6 is 0 Å². The number of carbonyl (C=O) groups excluding carboxylic acids is 1. The number of aromatic hydroxyl groups is 1. The summed E-state index contributed by atoms with van der Waals surface area (Å²) in [6, 6.07) is 4.19. The van der Waals surface area contributed by atoms with Gasteiger partial charge in [-0.15, -0.1) is 0 Å². The quantitative estimate of drug-likeness (QED) is 0.459. The monoisotopic (exact) mass is 197 g/mol. The highest BCUT2D eigenvalue weighted by atomic mass is 16.5. The third kappa shape index (κ3) is 2.45. The molecule has 1 rings (SSSR count). The summed E-state index contributed by atoms with van der Waals surface area (Å²) in [5.74, 6) is -0.494. The van der Waals surface area contributed by atoms with Crippen LogP contribution < -0.4 is 10.5 Å². The normalized spacial score (nSPS) is 9.86. The van der Waals surface area contributed by atoms with Gasteiger partial charge in [-0.1, -0.05) is 0 Å². The zero-order valence-corrected chi connectivity index (χ0v) is 7.43. The molecule has 0 saturated carbocycles. The molecule has 4 N–H and O–H groups in total. The van der Waals surface area contributed by atoms with Gasteiger partial charge in [0.2, 0.25) is 0 Å². The maximum atomic E-state index is 10.8. The number of carbonyl (C=O) groups is 1. The number of hydrogen-bond donors (Lipinski definition) is 3. The van der Waals surface area contributed by atoms with Crippen molar-refractivity contribution in [2.45, 2.75) is 6.61 Å². The van der Waals surface area contributed by atoms with E-state index in [1.165, 1.54) is 18.2 Å². The highest BCUT2D eigenvalue weighted by Gasteiger charge is 2.05. The van der Waals surface area contributed by atoms with Crippen LogP contribution in [-0.2, 0) is 11.4 Å². The van der Waals surface area contributed by atoms with Gasteiger partial charge in [0, 0.05) is 11.6 Å². The Hall–Kier alpha value is -1.59. The van der Waals surface area contributed by atoms with E-state index in [9.17, 15) is 9.90 Å². The molecular weight excluding hydrogens is 186 g/mol. The number of ether oxygens (including phenoxy) is 1. The van der Waals surface area contributed by atoms with Gasteiger partial charge in [-0.25, -0.2) is 0 Å². The Bertz CT molecular complexity index is 338. The van der Waals surface area contributed by atoms with Crippen LogP contribution in [0.5, 0.6) is 11.5 Å². The molecule has 1 aromatic carbocycles. The second-order valence-electron chi connectivity index (χ2n) is 2.63. The van der Waals surface area contributed by atoms with Gasteiger partial charge in [0.1, 0.15) is 11.5 Å². The molecule has 1 aromatic rings. The summed E-state index contributed by atoms with van der Waals surface area (Å²) >= 11 is 0. The molecule has 0 aliphatic rings. The first-order valence-electron chi connectivity index (χ1n) is 4.01. The van der Waals surface area contributed by atoms with Crippen molar-refractivity contribution >= 4 is 5.97 Å². The van der Waals surface area contributed by atoms with Gasteiger partial charge >= 0.3 is 5.97 Å². The van der Waals surface area contributed by atoms with Crippen molar-refractivity contribution in [3.8, 4) is 11.5 Å². The molecule has 0 aromatic heterocycles.